The average Bonchev–Trinajstić information content (AvgIpc) is 2.96. The summed E-state index contributed by atoms with van der Waals surface area (Å²) in [7, 11) is 0. The van der Waals surface area contributed by atoms with E-state index in [1.54, 1.807) is 30.7 Å². The highest BCUT2D eigenvalue weighted by molar-refractivity contribution is 6.28. The number of nitrogens with one attached hydrogen (secondary N) is 2. The lowest BCUT2D eigenvalue weighted by molar-refractivity contribution is 0.281. The highest BCUT2D eigenvalue weighted by Gasteiger charge is 2.07. The van der Waals surface area contributed by atoms with Gasteiger partial charge in [-0.1, -0.05) is 0 Å². The molecule has 3 rings (SSSR count). The van der Waals surface area contributed by atoms with Crippen molar-refractivity contribution < 1.29 is 5.11 Å². The Morgan fingerprint density at radius 2 is 2.00 bits per heavy atom. The minimum atomic E-state index is -0.0927. The summed E-state index contributed by atoms with van der Waals surface area (Å²) in [6.45, 7) is -0.0927. The fraction of sp³-hybridized carbons (Fsp3) is 0.0833. The summed E-state index contributed by atoms with van der Waals surface area (Å²) < 4.78 is 0. The predicted octanol–water partition coefficient (Wildman–Crippen LogP) is 1.55. The zero-order valence-electron chi connectivity index (χ0n) is 10.7. The second-order valence-corrected chi connectivity index (χ2v) is 4.41. The number of hydrogen-bond donors (Lipinski definition) is 3. The molecule has 0 bridgehead atoms. The van der Waals surface area contributed by atoms with E-state index in [0.29, 0.717) is 28.7 Å². The molecule has 0 unspecified atom stereocenters. The lowest BCUT2D eigenvalue weighted by Gasteiger charge is -2.00. The van der Waals surface area contributed by atoms with Crippen LogP contribution >= 0.6 is 11.6 Å². The molecule has 9 heteroatoms. The van der Waals surface area contributed by atoms with Crippen LogP contribution in [0.3, 0.4) is 0 Å². The van der Waals surface area contributed by atoms with Crippen LogP contribution in [0.15, 0.2) is 30.7 Å². The molecule has 0 saturated heterocycles. The molecule has 3 aromatic heterocycles. The molecule has 0 aliphatic rings. The molecule has 3 heterocycles. The van der Waals surface area contributed by atoms with Crippen LogP contribution in [0, 0.1) is 0 Å². The average molecular weight is 304 g/mol. The third kappa shape index (κ3) is 3.12. The van der Waals surface area contributed by atoms with E-state index in [1.807, 2.05) is 0 Å². The van der Waals surface area contributed by atoms with Gasteiger partial charge in [-0.2, -0.15) is 5.10 Å². The number of hydrogen-bond acceptors (Lipinski definition) is 7. The van der Waals surface area contributed by atoms with Crippen molar-refractivity contribution in [1.29, 1.82) is 0 Å². The molecule has 0 saturated carbocycles. The van der Waals surface area contributed by atoms with Gasteiger partial charge in [0.1, 0.15) is 11.5 Å². The van der Waals surface area contributed by atoms with E-state index in [0.717, 1.165) is 0 Å². The third-order valence-corrected chi connectivity index (χ3v) is 2.77. The maximum atomic E-state index is 8.96. The Hall–Kier alpha value is -2.58. The van der Waals surface area contributed by atoms with Crippen LogP contribution in [0.1, 0.15) is 5.56 Å². The number of aromatic nitrogens is 6. The molecule has 3 N–H and O–H groups in total. The molecule has 3 aromatic rings. The molecule has 0 radical (unpaired) electrons. The Labute approximate surface area is 124 Å². The number of rotatable bonds is 4. The second kappa shape index (κ2) is 5.81. The van der Waals surface area contributed by atoms with Gasteiger partial charge in [-0.05, 0) is 17.7 Å². The van der Waals surface area contributed by atoms with Crippen molar-refractivity contribution in [2.24, 2.45) is 0 Å². The molecule has 0 atom stereocenters. The van der Waals surface area contributed by atoms with E-state index in [2.05, 4.69) is 35.5 Å². The molecule has 21 heavy (non-hydrogen) atoms. The van der Waals surface area contributed by atoms with Crippen molar-refractivity contribution in [2.75, 3.05) is 5.32 Å². The fourth-order valence-corrected chi connectivity index (χ4v) is 1.76. The summed E-state index contributed by atoms with van der Waals surface area (Å²) in [5.41, 5.74) is 1.29. The Morgan fingerprint density at radius 1 is 1.19 bits per heavy atom. The number of nitrogens with zero attached hydrogens (tertiary/aromatic N) is 5. The maximum absolute atomic E-state index is 8.96. The van der Waals surface area contributed by atoms with E-state index < -0.39 is 0 Å². The van der Waals surface area contributed by atoms with Gasteiger partial charge in [-0.25, -0.2) is 19.9 Å². The van der Waals surface area contributed by atoms with Crippen molar-refractivity contribution in [1.82, 2.24) is 30.1 Å². The van der Waals surface area contributed by atoms with Gasteiger partial charge in [-0.3, -0.25) is 5.10 Å². The lowest BCUT2D eigenvalue weighted by atomic mass is 10.3. The van der Waals surface area contributed by atoms with E-state index in [9.17, 15) is 0 Å². The first-order chi connectivity index (χ1) is 10.2. The maximum Gasteiger partial charge on any atom is 0.224 e. The van der Waals surface area contributed by atoms with Gasteiger partial charge in [0.25, 0.3) is 0 Å². The summed E-state index contributed by atoms with van der Waals surface area (Å²) >= 11 is 5.71. The first-order valence-corrected chi connectivity index (χ1v) is 6.35. The zero-order valence-corrected chi connectivity index (χ0v) is 11.4. The smallest absolute Gasteiger partial charge is 0.224 e. The van der Waals surface area contributed by atoms with Crippen LogP contribution in [-0.4, -0.2) is 35.2 Å². The van der Waals surface area contributed by atoms with Crippen LogP contribution in [0.5, 0.6) is 0 Å². The number of aromatic amines is 1. The van der Waals surface area contributed by atoms with Gasteiger partial charge in [0, 0.05) is 30.2 Å². The summed E-state index contributed by atoms with van der Waals surface area (Å²) in [5, 5.41) is 19.0. The van der Waals surface area contributed by atoms with Crippen molar-refractivity contribution in [2.45, 2.75) is 6.61 Å². The molecular formula is C12H10ClN7O. The van der Waals surface area contributed by atoms with Crippen molar-refractivity contribution >= 4 is 23.2 Å². The minimum absolute atomic E-state index is 0.0927. The van der Waals surface area contributed by atoms with Crippen molar-refractivity contribution in [3.8, 4) is 11.5 Å². The van der Waals surface area contributed by atoms with Gasteiger partial charge >= 0.3 is 0 Å². The van der Waals surface area contributed by atoms with Gasteiger partial charge in [0.05, 0.1) is 6.61 Å². The molecule has 8 nitrogen and oxygen atoms in total. The Balaban J connectivity index is 1.79. The topological polar surface area (TPSA) is 113 Å². The van der Waals surface area contributed by atoms with Crippen LogP contribution in [0.25, 0.3) is 11.5 Å². The number of halogens is 1. The first-order valence-electron chi connectivity index (χ1n) is 5.98. The largest absolute Gasteiger partial charge is 0.392 e. The lowest BCUT2D eigenvalue weighted by Crippen LogP contribution is -1.94. The van der Waals surface area contributed by atoms with Crippen LogP contribution < -0.4 is 5.32 Å². The number of aliphatic hydroxyl groups is 1. The quantitative estimate of drug-likeness (QED) is 0.627. The fourth-order valence-electron chi connectivity index (χ4n) is 1.61. The number of anilines is 2. The molecule has 0 aliphatic heterocycles. The van der Waals surface area contributed by atoms with Crippen LogP contribution in [0.4, 0.5) is 11.6 Å². The summed E-state index contributed by atoms with van der Waals surface area (Å²) in [5.74, 6) is 1.56. The van der Waals surface area contributed by atoms with E-state index >= 15 is 0 Å². The standard InChI is InChI=1S/C12H10ClN7O/c13-12-14-2-1-9(18-12)17-10-3-8(19-20-10)11-15-4-7(6-21)5-16-11/h1-5,21H,6H2,(H2,14,17,18,19,20). The molecule has 0 aromatic carbocycles. The normalized spacial score (nSPS) is 10.6. The summed E-state index contributed by atoms with van der Waals surface area (Å²) in [4.78, 5) is 16.1. The van der Waals surface area contributed by atoms with Crippen LogP contribution in [0.2, 0.25) is 5.28 Å². The second-order valence-electron chi connectivity index (χ2n) is 4.08. The molecule has 0 spiro atoms. The molecule has 106 valence electrons. The van der Waals surface area contributed by atoms with E-state index in [-0.39, 0.29) is 11.9 Å². The molecule has 0 fully saturated rings. The monoisotopic (exact) mass is 303 g/mol. The Bertz CT molecular complexity index is 743. The molecule has 0 aliphatic carbocycles. The van der Waals surface area contributed by atoms with Crippen molar-refractivity contribution in [3.05, 3.63) is 41.6 Å². The van der Waals surface area contributed by atoms with Gasteiger partial charge < -0.3 is 10.4 Å². The minimum Gasteiger partial charge on any atom is -0.392 e. The number of aliphatic hydroxyl groups excluding tert-OH is 1. The molecular weight excluding hydrogens is 294 g/mol. The Morgan fingerprint density at radius 3 is 2.71 bits per heavy atom. The highest BCUT2D eigenvalue weighted by Crippen LogP contribution is 2.18. The SMILES string of the molecule is OCc1cnc(-c2cc(Nc3ccnc(Cl)n3)n[nH]2)nc1. The Kier molecular flexibility index (Phi) is 3.71. The van der Waals surface area contributed by atoms with E-state index in [4.69, 9.17) is 16.7 Å². The first kappa shape index (κ1) is 13.4. The predicted molar refractivity (Wildman–Crippen MR) is 75.9 cm³/mol. The van der Waals surface area contributed by atoms with Crippen molar-refractivity contribution in [3.63, 3.8) is 0 Å². The molecule has 0 amide bonds. The summed E-state index contributed by atoms with van der Waals surface area (Å²) in [6.07, 6.45) is 4.66. The highest BCUT2D eigenvalue weighted by atomic mass is 35.5. The number of H-pyrrole nitrogens is 1. The van der Waals surface area contributed by atoms with Crippen LogP contribution in [-0.2, 0) is 6.61 Å². The van der Waals surface area contributed by atoms with Gasteiger partial charge in [-0.15, -0.1) is 0 Å². The van der Waals surface area contributed by atoms with E-state index in [1.165, 1.54) is 0 Å². The van der Waals surface area contributed by atoms with Gasteiger partial charge in [0.15, 0.2) is 11.6 Å². The summed E-state index contributed by atoms with van der Waals surface area (Å²) in [6, 6.07) is 3.41. The third-order valence-electron chi connectivity index (χ3n) is 2.59. The zero-order chi connectivity index (χ0) is 14.7. The van der Waals surface area contributed by atoms with Gasteiger partial charge in [0.2, 0.25) is 5.28 Å².